The summed E-state index contributed by atoms with van der Waals surface area (Å²) in [5.74, 6) is 3.00. The number of hydrogen-bond donors (Lipinski definition) is 2. The normalized spacial score (nSPS) is 15.2. The molecule has 2 aromatic heterocycles. The quantitative estimate of drug-likeness (QED) is 0.228. The van der Waals surface area contributed by atoms with E-state index in [0.29, 0.717) is 19.0 Å². The fourth-order valence-corrected chi connectivity index (χ4v) is 4.88. The Bertz CT molecular complexity index is 1600. The zero-order valence-electron chi connectivity index (χ0n) is 21.8. The molecule has 6 rings (SSSR count). The Morgan fingerprint density at radius 3 is 2.70 bits per heavy atom. The van der Waals surface area contributed by atoms with E-state index in [0.717, 1.165) is 64.4 Å². The summed E-state index contributed by atoms with van der Waals surface area (Å²) >= 11 is 0. The minimum absolute atomic E-state index is 0.318. The Kier molecular flexibility index (Phi) is 7.28. The Labute approximate surface area is 231 Å². The van der Waals surface area contributed by atoms with Crippen molar-refractivity contribution in [1.82, 2.24) is 14.9 Å². The number of fused-ring (bicyclic) bond motifs is 1. The molecule has 9 nitrogen and oxygen atoms in total. The maximum absolute atomic E-state index is 11.2. The van der Waals surface area contributed by atoms with Crippen molar-refractivity contribution in [3.8, 4) is 17.1 Å². The van der Waals surface area contributed by atoms with Gasteiger partial charge < -0.3 is 24.9 Å². The highest BCUT2D eigenvalue weighted by Gasteiger charge is 2.28. The zero-order valence-corrected chi connectivity index (χ0v) is 21.8. The number of carbonyl (C=O) groups excluding carboxylic acids is 1. The van der Waals surface area contributed by atoms with Crippen molar-refractivity contribution >= 4 is 28.5 Å². The summed E-state index contributed by atoms with van der Waals surface area (Å²) in [5.41, 5.74) is 8.95. The smallest absolute Gasteiger partial charge is 0.406 e. The molecule has 0 unspecified atom stereocenters. The standard InChI is InChI=1S/C31H29N5O4/c32-31(37)40-29-7-4-16-36(29)18-25-13-15-28(39-25)22-8-14-27-26(17-22)30(34-20-33-27)35-23-9-11-24(12-10-23)38-19-21-5-2-1-3-6-21/h1-3,5-6,8-15,17,20,29H,4,7,16,18-19H2,(H2,32,37)(H,33,34,35)/t29-/m0/s1. The summed E-state index contributed by atoms with van der Waals surface area (Å²) in [6, 6.07) is 27.7. The first-order chi connectivity index (χ1) is 19.6. The van der Waals surface area contributed by atoms with Crippen LogP contribution in [0.1, 0.15) is 24.2 Å². The van der Waals surface area contributed by atoms with Crippen LogP contribution in [0.4, 0.5) is 16.3 Å². The highest BCUT2D eigenvalue weighted by atomic mass is 16.6. The third-order valence-corrected chi connectivity index (χ3v) is 6.86. The van der Waals surface area contributed by atoms with Crippen LogP contribution in [-0.4, -0.2) is 33.7 Å². The molecule has 3 N–H and O–H groups in total. The van der Waals surface area contributed by atoms with Crippen LogP contribution in [0.2, 0.25) is 0 Å². The molecule has 202 valence electrons. The first-order valence-corrected chi connectivity index (χ1v) is 13.2. The van der Waals surface area contributed by atoms with Crippen molar-refractivity contribution in [3.63, 3.8) is 0 Å². The van der Waals surface area contributed by atoms with E-state index in [4.69, 9.17) is 19.6 Å². The van der Waals surface area contributed by atoms with E-state index in [2.05, 4.69) is 20.2 Å². The van der Waals surface area contributed by atoms with E-state index in [9.17, 15) is 4.79 Å². The van der Waals surface area contributed by atoms with Crippen molar-refractivity contribution < 1.29 is 18.7 Å². The molecule has 0 spiro atoms. The van der Waals surface area contributed by atoms with Gasteiger partial charge in [0.25, 0.3) is 0 Å². The fourth-order valence-electron chi connectivity index (χ4n) is 4.88. The van der Waals surface area contributed by atoms with E-state index in [1.165, 1.54) is 0 Å². The number of nitrogens with two attached hydrogens (primary N) is 1. The first-order valence-electron chi connectivity index (χ1n) is 13.2. The molecule has 1 fully saturated rings. The highest BCUT2D eigenvalue weighted by molar-refractivity contribution is 5.93. The molecule has 0 aliphatic carbocycles. The Balaban J connectivity index is 1.16. The SMILES string of the molecule is NC(=O)O[C@H]1CCCN1Cc1ccc(-c2ccc3ncnc(Nc4ccc(OCc5ccccc5)cc4)c3c2)o1. The number of ether oxygens (including phenoxy) is 2. The van der Waals surface area contributed by atoms with Crippen LogP contribution in [0.3, 0.4) is 0 Å². The van der Waals surface area contributed by atoms with Gasteiger partial charge >= 0.3 is 6.09 Å². The van der Waals surface area contributed by atoms with E-state index >= 15 is 0 Å². The average Bonchev–Trinajstić information content (AvgIpc) is 3.63. The maximum Gasteiger partial charge on any atom is 0.406 e. The predicted octanol–water partition coefficient (Wildman–Crippen LogP) is 6.23. The van der Waals surface area contributed by atoms with Crippen molar-refractivity contribution in [2.75, 3.05) is 11.9 Å². The van der Waals surface area contributed by atoms with Crippen LogP contribution in [0, 0.1) is 0 Å². The number of amides is 1. The number of aromatic nitrogens is 2. The molecule has 40 heavy (non-hydrogen) atoms. The molecule has 9 heteroatoms. The van der Waals surface area contributed by atoms with E-state index in [-0.39, 0.29) is 6.23 Å². The second-order valence-corrected chi connectivity index (χ2v) is 9.65. The number of nitrogens with zero attached hydrogens (tertiary/aromatic N) is 3. The summed E-state index contributed by atoms with van der Waals surface area (Å²) < 4.78 is 17.3. The van der Waals surface area contributed by atoms with Crippen LogP contribution < -0.4 is 15.8 Å². The van der Waals surface area contributed by atoms with Crippen LogP contribution >= 0.6 is 0 Å². The second kappa shape index (κ2) is 11.5. The van der Waals surface area contributed by atoms with Crippen molar-refractivity contribution in [1.29, 1.82) is 0 Å². The summed E-state index contributed by atoms with van der Waals surface area (Å²) in [4.78, 5) is 22.2. The molecule has 0 bridgehead atoms. The number of carbonyl (C=O) groups is 1. The molecular weight excluding hydrogens is 506 g/mol. The Hall–Kier alpha value is -4.89. The molecule has 3 aromatic carbocycles. The second-order valence-electron chi connectivity index (χ2n) is 9.65. The van der Waals surface area contributed by atoms with Gasteiger partial charge in [-0.2, -0.15) is 0 Å². The van der Waals surface area contributed by atoms with Crippen LogP contribution in [0.5, 0.6) is 5.75 Å². The molecule has 3 heterocycles. The van der Waals surface area contributed by atoms with E-state index < -0.39 is 6.09 Å². The van der Waals surface area contributed by atoms with Gasteiger partial charge in [0.15, 0.2) is 6.23 Å². The van der Waals surface area contributed by atoms with Gasteiger partial charge in [-0.3, -0.25) is 4.90 Å². The summed E-state index contributed by atoms with van der Waals surface area (Å²) in [7, 11) is 0. The number of furan rings is 1. The lowest BCUT2D eigenvalue weighted by Gasteiger charge is -2.22. The number of anilines is 2. The summed E-state index contributed by atoms with van der Waals surface area (Å²) in [6.07, 6.45) is 2.18. The van der Waals surface area contributed by atoms with Gasteiger partial charge in [-0.1, -0.05) is 30.3 Å². The molecule has 1 amide bonds. The van der Waals surface area contributed by atoms with Crippen molar-refractivity contribution in [2.45, 2.75) is 32.2 Å². The molecule has 1 atom stereocenters. The molecule has 1 aliphatic rings. The monoisotopic (exact) mass is 535 g/mol. The van der Waals surface area contributed by atoms with E-state index in [1.54, 1.807) is 6.33 Å². The largest absolute Gasteiger partial charge is 0.489 e. The summed E-state index contributed by atoms with van der Waals surface area (Å²) in [5, 5.41) is 4.28. The van der Waals surface area contributed by atoms with Crippen LogP contribution in [-0.2, 0) is 17.9 Å². The third kappa shape index (κ3) is 5.89. The maximum atomic E-state index is 11.2. The lowest BCUT2D eigenvalue weighted by molar-refractivity contribution is 0.0108. The fraction of sp³-hybridized carbons (Fsp3) is 0.194. The molecular formula is C31H29N5O4. The molecule has 0 radical (unpaired) electrons. The van der Waals surface area contributed by atoms with Gasteiger partial charge in [-0.05, 0) is 73.0 Å². The number of likely N-dealkylation sites (tertiary alicyclic amines) is 1. The van der Waals surface area contributed by atoms with Gasteiger partial charge in [0, 0.05) is 23.2 Å². The van der Waals surface area contributed by atoms with Gasteiger partial charge in [-0.25, -0.2) is 14.8 Å². The molecule has 5 aromatic rings. The first kappa shape index (κ1) is 25.4. The predicted molar refractivity (Wildman–Crippen MR) is 152 cm³/mol. The van der Waals surface area contributed by atoms with Gasteiger partial charge in [0.05, 0.1) is 12.1 Å². The number of primary amides is 1. The molecule has 0 saturated carbocycles. The molecule has 1 saturated heterocycles. The Morgan fingerprint density at radius 1 is 1.02 bits per heavy atom. The van der Waals surface area contributed by atoms with Gasteiger partial charge in [0.1, 0.15) is 36.0 Å². The number of nitrogens with one attached hydrogen (secondary N) is 1. The highest BCUT2D eigenvalue weighted by Crippen LogP contribution is 2.31. The Morgan fingerprint density at radius 2 is 1.88 bits per heavy atom. The third-order valence-electron chi connectivity index (χ3n) is 6.86. The number of benzene rings is 3. The van der Waals surface area contributed by atoms with Crippen LogP contribution in [0.25, 0.3) is 22.2 Å². The van der Waals surface area contributed by atoms with Gasteiger partial charge in [0.2, 0.25) is 0 Å². The number of rotatable bonds is 9. The van der Waals surface area contributed by atoms with Gasteiger partial charge in [-0.15, -0.1) is 0 Å². The summed E-state index contributed by atoms with van der Waals surface area (Å²) in [6.45, 7) is 1.87. The minimum Gasteiger partial charge on any atom is -0.489 e. The lowest BCUT2D eigenvalue weighted by atomic mass is 10.1. The zero-order chi connectivity index (χ0) is 27.3. The van der Waals surface area contributed by atoms with E-state index in [1.807, 2.05) is 84.9 Å². The number of hydrogen-bond acceptors (Lipinski definition) is 8. The molecule has 1 aliphatic heterocycles. The lowest BCUT2D eigenvalue weighted by Crippen LogP contribution is -2.34. The minimum atomic E-state index is -0.757. The van der Waals surface area contributed by atoms with Crippen molar-refractivity contribution in [3.05, 3.63) is 103 Å². The average molecular weight is 536 g/mol. The topological polar surface area (TPSA) is 116 Å². The van der Waals surface area contributed by atoms with Crippen LogP contribution in [0.15, 0.2) is 95.7 Å². The van der Waals surface area contributed by atoms with Crippen molar-refractivity contribution in [2.24, 2.45) is 5.73 Å².